The molecule has 2 atom stereocenters. The van der Waals surface area contributed by atoms with Crippen molar-refractivity contribution in [1.29, 1.82) is 0 Å². The van der Waals surface area contributed by atoms with E-state index in [-0.39, 0.29) is 0 Å². The number of hydrogen-bond donors (Lipinski definition) is 1. The largest absolute Gasteiger partial charge is 0.485 e. The molecule has 0 radical (unpaired) electrons. The average molecular weight is 512 g/mol. The van der Waals surface area contributed by atoms with Crippen LogP contribution < -0.4 is 14.8 Å². The highest BCUT2D eigenvalue weighted by molar-refractivity contribution is 9.10. The molecule has 1 fully saturated rings. The molecule has 0 aromatic heterocycles. The first-order valence-electron chi connectivity index (χ1n) is 10.3. The van der Waals surface area contributed by atoms with Gasteiger partial charge in [0.25, 0.3) is 0 Å². The fourth-order valence-corrected chi connectivity index (χ4v) is 3.99. The third-order valence-corrected chi connectivity index (χ3v) is 5.80. The van der Waals surface area contributed by atoms with Gasteiger partial charge in [-0.2, -0.15) is 0 Å². The molecule has 1 aliphatic rings. The summed E-state index contributed by atoms with van der Waals surface area (Å²) in [4.78, 5) is 24.1. The van der Waals surface area contributed by atoms with Crippen LogP contribution in [-0.4, -0.2) is 25.2 Å². The lowest BCUT2D eigenvalue weighted by molar-refractivity contribution is -0.144. The summed E-state index contributed by atoms with van der Waals surface area (Å²) in [7, 11) is 1.26. The van der Waals surface area contributed by atoms with Gasteiger partial charge in [-0.3, -0.25) is 0 Å². The summed E-state index contributed by atoms with van der Waals surface area (Å²) in [5.41, 5.74) is 2.54. The first-order chi connectivity index (χ1) is 16.0. The van der Waals surface area contributed by atoms with Crippen molar-refractivity contribution in [3.05, 3.63) is 94.0 Å². The Hall–Kier alpha value is -3.52. The molecule has 3 aromatic rings. The number of hydrogen-bond acceptors (Lipinski definition) is 6. The number of ether oxygens (including phenoxy) is 4. The molecule has 1 heterocycles. The predicted octanol–water partition coefficient (Wildman–Crippen LogP) is 4.93. The summed E-state index contributed by atoms with van der Waals surface area (Å²) in [6, 6.07) is 22.0. The minimum Gasteiger partial charge on any atom is -0.485 e. The minimum absolute atomic E-state index is 0.312. The fraction of sp³-hybridized carbons (Fsp3) is 0.200. The van der Waals surface area contributed by atoms with Crippen molar-refractivity contribution in [3.8, 4) is 11.5 Å². The van der Waals surface area contributed by atoms with Gasteiger partial charge in [0.2, 0.25) is 0 Å². The Morgan fingerprint density at radius 3 is 2.03 bits per heavy atom. The van der Waals surface area contributed by atoms with E-state index in [1.54, 1.807) is 12.1 Å². The molecule has 8 heteroatoms. The molecule has 4 rings (SSSR count). The van der Waals surface area contributed by atoms with Crippen LogP contribution in [0.25, 0.3) is 0 Å². The quantitative estimate of drug-likeness (QED) is 0.431. The zero-order chi connectivity index (χ0) is 23.2. The molecule has 170 valence electrons. The number of carbonyl (C=O) groups excluding carboxylic acids is 2. The number of alkyl carbamates (subject to hydrolysis) is 1. The van der Waals surface area contributed by atoms with Gasteiger partial charge in [-0.25, -0.2) is 9.59 Å². The summed E-state index contributed by atoms with van der Waals surface area (Å²) >= 11 is 3.53. The molecule has 1 saturated heterocycles. The lowest BCUT2D eigenvalue weighted by atomic mass is 10.0. The molecule has 0 aliphatic carbocycles. The van der Waals surface area contributed by atoms with E-state index in [9.17, 15) is 9.59 Å². The van der Waals surface area contributed by atoms with Gasteiger partial charge in [0.05, 0.1) is 7.11 Å². The van der Waals surface area contributed by atoms with Crippen LogP contribution in [0.4, 0.5) is 4.79 Å². The highest BCUT2D eigenvalue weighted by Crippen LogP contribution is 2.40. The van der Waals surface area contributed by atoms with E-state index >= 15 is 0 Å². The molecule has 2 unspecified atom stereocenters. The van der Waals surface area contributed by atoms with Crippen molar-refractivity contribution < 1.29 is 28.5 Å². The van der Waals surface area contributed by atoms with Gasteiger partial charge in [-0.15, -0.1) is 0 Å². The predicted molar refractivity (Wildman–Crippen MR) is 124 cm³/mol. The maximum atomic E-state index is 12.2. The van der Waals surface area contributed by atoms with E-state index in [0.717, 1.165) is 11.1 Å². The monoisotopic (exact) mass is 511 g/mol. The number of esters is 1. The van der Waals surface area contributed by atoms with E-state index in [1.807, 2.05) is 60.7 Å². The van der Waals surface area contributed by atoms with Gasteiger partial charge < -0.3 is 24.3 Å². The minimum atomic E-state index is -0.975. The maximum Gasteiger partial charge on any atom is 0.408 e. The molecule has 1 aliphatic heterocycles. The first-order valence-corrected chi connectivity index (χ1v) is 11.1. The van der Waals surface area contributed by atoms with Crippen LogP contribution in [0.1, 0.15) is 22.8 Å². The second-order valence-corrected chi connectivity index (χ2v) is 8.19. The van der Waals surface area contributed by atoms with Crippen LogP contribution in [0.2, 0.25) is 0 Å². The summed E-state index contributed by atoms with van der Waals surface area (Å²) in [6.45, 7) is 0.659. The number of halogens is 1. The Kier molecular flexibility index (Phi) is 7.14. The third-order valence-electron chi connectivity index (χ3n) is 5.11. The van der Waals surface area contributed by atoms with E-state index in [2.05, 4.69) is 21.2 Å². The van der Waals surface area contributed by atoms with E-state index < -0.39 is 24.2 Å². The number of carbonyl (C=O) groups is 2. The normalized spacial score (nSPS) is 17.1. The Bertz CT molecular complexity index is 1120. The number of benzene rings is 3. The van der Waals surface area contributed by atoms with Gasteiger partial charge in [0.15, 0.2) is 23.6 Å². The van der Waals surface area contributed by atoms with Crippen molar-refractivity contribution in [3.63, 3.8) is 0 Å². The van der Waals surface area contributed by atoms with E-state index in [4.69, 9.17) is 18.9 Å². The third kappa shape index (κ3) is 5.46. The Morgan fingerprint density at radius 1 is 0.939 bits per heavy atom. The number of methoxy groups -OCH3 is 1. The SMILES string of the molecule is COC(=O)C1NC(=O)OC1c1cc(OCc2ccccc2)c(OCc2ccccc2)cc1Br. The molecule has 1 amide bonds. The van der Waals surface area contributed by atoms with Crippen LogP contribution in [0.5, 0.6) is 11.5 Å². The molecule has 7 nitrogen and oxygen atoms in total. The van der Waals surface area contributed by atoms with Gasteiger partial charge in [0.1, 0.15) is 13.2 Å². The highest BCUT2D eigenvalue weighted by atomic mass is 79.9. The summed E-state index contributed by atoms with van der Waals surface area (Å²) in [5.74, 6) is 0.366. The number of amides is 1. The second-order valence-electron chi connectivity index (χ2n) is 7.34. The Balaban J connectivity index is 1.65. The molecule has 3 aromatic carbocycles. The smallest absolute Gasteiger partial charge is 0.408 e. The Labute approximate surface area is 199 Å². The topological polar surface area (TPSA) is 83.1 Å². The molecule has 0 spiro atoms. The van der Waals surface area contributed by atoms with Gasteiger partial charge in [-0.05, 0) is 23.3 Å². The number of rotatable bonds is 8. The van der Waals surface area contributed by atoms with Crippen LogP contribution >= 0.6 is 15.9 Å². The molecular weight excluding hydrogens is 490 g/mol. The summed E-state index contributed by atoms with van der Waals surface area (Å²) < 4.78 is 22.9. The van der Waals surface area contributed by atoms with Crippen molar-refractivity contribution in [1.82, 2.24) is 5.32 Å². The average Bonchev–Trinajstić information content (AvgIpc) is 3.24. The van der Waals surface area contributed by atoms with Crippen LogP contribution in [0.3, 0.4) is 0 Å². The zero-order valence-corrected chi connectivity index (χ0v) is 19.4. The summed E-state index contributed by atoms with van der Waals surface area (Å²) in [5, 5.41) is 2.49. The van der Waals surface area contributed by atoms with Gasteiger partial charge >= 0.3 is 12.1 Å². The molecule has 0 bridgehead atoms. The molecule has 0 saturated carbocycles. The van der Waals surface area contributed by atoms with Gasteiger partial charge in [-0.1, -0.05) is 76.6 Å². The number of nitrogens with one attached hydrogen (secondary N) is 1. The molecule has 33 heavy (non-hydrogen) atoms. The second kappa shape index (κ2) is 10.4. The van der Waals surface area contributed by atoms with Crippen molar-refractivity contribution >= 4 is 28.0 Å². The van der Waals surface area contributed by atoms with E-state index in [0.29, 0.717) is 34.7 Å². The lowest BCUT2D eigenvalue weighted by Gasteiger charge is -2.20. The van der Waals surface area contributed by atoms with Crippen LogP contribution in [0, 0.1) is 0 Å². The molecular formula is C25H22BrNO6. The first kappa shape index (κ1) is 22.7. The van der Waals surface area contributed by atoms with E-state index in [1.165, 1.54) is 7.11 Å². The number of cyclic esters (lactones) is 1. The fourth-order valence-electron chi connectivity index (χ4n) is 3.44. The zero-order valence-electron chi connectivity index (χ0n) is 17.8. The van der Waals surface area contributed by atoms with Crippen molar-refractivity contribution in [2.24, 2.45) is 0 Å². The maximum absolute atomic E-state index is 12.2. The lowest BCUT2D eigenvalue weighted by Crippen LogP contribution is -2.36. The Morgan fingerprint density at radius 2 is 1.48 bits per heavy atom. The van der Waals surface area contributed by atoms with Crippen LogP contribution in [-0.2, 0) is 27.5 Å². The van der Waals surface area contributed by atoms with Crippen molar-refractivity contribution in [2.75, 3.05) is 7.11 Å². The van der Waals surface area contributed by atoms with Crippen molar-refractivity contribution in [2.45, 2.75) is 25.4 Å². The summed E-state index contributed by atoms with van der Waals surface area (Å²) in [6.07, 6.45) is -1.58. The van der Waals surface area contributed by atoms with Gasteiger partial charge in [0, 0.05) is 10.0 Å². The van der Waals surface area contributed by atoms with Crippen LogP contribution in [0.15, 0.2) is 77.3 Å². The molecule has 1 N–H and O–H groups in total. The standard InChI is InChI=1S/C25H22BrNO6/c1-30-24(28)22-23(33-25(29)27-22)18-12-20(31-14-16-8-4-2-5-9-16)21(13-19(18)26)32-15-17-10-6-3-7-11-17/h2-13,22-23H,14-15H2,1H3,(H,27,29). The highest BCUT2D eigenvalue weighted by Gasteiger charge is 2.42.